The summed E-state index contributed by atoms with van der Waals surface area (Å²) in [5.41, 5.74) is 5.83. The second-order valence-corrected chi connectivity index (χ2v) is 5.76. The average Bonchev–Trinajstić information content (AvgIpc) is 2.49. The molecule has 0 heterocycles. The van der Waals surface area contributed by atoms with Crippen LogP contribution in [-0.4, -0.2) is 34.8 Å². The number of ether oxygens (including phenoxy) is 2. The van der Waals surface area contributed by atoms with Crippen LogP contribution in [-0.2, 0) is 25.7 Å². The van der Waals surface area contributed by atoms with E-state index in [1.807, 2.05) is 18.2 Å². The lowest BCUT2D eigenvalue weighted by Gasteiger charge is -2.28. The third-order valence-electron chi connectivity index (χ3n) is 2.68. The van der Waals surface area contributed by atoms with Crippen molar-refractivity contribution >= 4 is 11.9 Å². The van der Waals surface area contributed by atoms with Crippen LogP contribution in [0.2, 0.25) is 0 Å². The van der Waals surface area contributed by atoms with Gasteiger partial charge in [0.2, 0.25) is 5.76 Å². The number of aliphatic hydroxyl groups is 1. The zero-order valence-corrected chi connectivity index (χ0v) is 12.9. The topological polar surface area (TPSA) is 98.9 Å². The molecule has 22 heavy (non-hydrogen) atoms. The Kier molecular flexibility index (Phi) is 6.31. The van der Waals surface area contributed by atoms with Crippen LogP contribution < -0.4 is 5.73 Å². The molecule has 0 saturated heterocycles. The summed E-state index contributed by atoms with van der Waals surface area (Å²) in [7, 11) is 0. The van der Waals surface area contributed by atoms with Gasteiger partial charge in [-0.2, -0.15) is 0 Å². The second kappa shape index (κ2) is 7.75. The SMILES string of the molecule is CC(C)(C)OC(C(O)=C=O)C(N)C(=O)OCc1ccccc1. The van der Waals surface area contributed by atoms with Crippen LogP contribution in [0.1, 0.15) is 26.3 Å². The monoisotopic (exact) mass is 307 g/mol. The van der Waals surface area contributed by atoms with E-state index in [4.69, 9.17) is 15.2 Å². The highest BCUT2D eigenvalue weighted by atomic mass is 16.5. The number of nitrogens with two attached hydrogens (primary N) is 1. The van der Waals surface area contributed by atoms with Gasteiger partial charge in [0, 0.05) is 0 Å². The van der Waals surface area contributed by atoms with E-state index >= 15 is 0 Å². The van der Waals surface area contributed by atoms with E-state index in [1.54, 1.807) is 32.9 Å². The molecular formula is C16H21NO5. The zero-order chi connectivity index (χ0) is 16.8. The molecule has 2 unspecified atom stereocenters. The molecule has 120 valence electrons. The molecule has 0 aliphatic rings. The fourth-order valence-electron chi connectivity index (χ4n) is 1.69. The molecule has 0 fully saturated rings. The molecule has 0 saturated carbocycles. The molecule has 2 atom stereocenters. The minimum absolute atomic E-state index is 0.0428. The number of carbonyl (C=O) groups excluding carboxylic acids is 2. The van der Waals surface area contributed by atoms with Crippen molar-refractivity contribution in [2.75, 3.05) is 0 Å². The van der Waals surface area contributed by atoms with Gasteiger partial charge in [0.1, 0.15) is 12.6 Å². The Morgan fingerprint density at radius 1 is 1.32 bits per heavy atom. The van der Waals surface area contributed by atoms with E-state index in [2.05, 4.69) is 0 Å². The third-order valence-corrected chi connectivity index (χ3v) is 2.68. The maximum absolute atomic E-state index is 12.0. The highest BCUT2D eigenvalue weighted by Crippen LogP contribution is 2.17. The fourth-order valence-corrected chi connectivity index (χ4v) is 1.69. The molecule has 6 heteroatoms. The van der Waals surface area contributed by atoms with E-state index in [9.17, 15) is 14.7 Å². The summed E-state index contributed by atoms with van der Waals surface area (Å²) in [4.78, 5) is 22.6. The number of esters is 1. The van der Waals surface area contributed by atoms with Gasteiger partial charge in [-0.05, 0) is 26.3 Å². The summed E-state index contributed by atoms with van der Waals surface area (Å²) >= 11 is 0. The van der Waals surface area contributed by atoms with Crippen molar-refractivity contribution in [3.05, 3.63) is 41.7 Å². The first-order chi connectivity index (χ1) is 10.2. The van der Waals surface area contributed by atoms with Crippen LogP contribution in [0.5, 0.6) is 0 Å². The normalized spacial score (nSPS) is 13.8. The van der Waals surface area contributed by atoms with Crippen LogP contribution in [0.25, 0.3) is 0 Å². The van der Waals surface area contributed by atoms with E-state index in [-0.39, 0.29) is 6.61 Å². The summed E-state index contributed by atoms with van der Waals surface area (Å²) in [5, 5.41) is 9.57. The van der Waals surface area contributed by atoms with Gasteiger partial charge in [-0.3, -0.25) is 4.79 Å². The largest absolute Gasteiger partial charge is 0.500 e. The minimum atomic E-state index is -1.33. The van der Waals surface area contributed by atoms with Gasteiger partial charge in [-0.15, -0.1) is 0 Å². The first kappa shape index (κ1) is 17.9. The standard InChI is InChI=1S/C16H21NO5/c1-16(2,3)22-14(12(19)9-18)13(17)15(20)21-10-11-7-5-4-6-8-11/h4-8,13-14,19H,10,17H2,1-3H3. The van der Waals surface area contributed by atoms with Crippen molar-refractivity contribution in [2.24, 2.45) is 5.73 Å². The lowest BCUT2D eigenvalue weighted by atomic mass is 10.1. The highest BCUT2D eigenvalue weighted by molar-refractivity contribution is 5.77. The second-order valence-electron chi connectivity index (χ2n) is 5.76. The van der Waals surface area contributed by atoms with Crippen LogP contribution in [0, 0.1) is 0 Å². The van der Waals surface area contributed by atoms with E-state index in [0.717, 1.165) is 5.56 Å². The van der Waals surface area contributed by atoms with Crippen molar-refractivity contribution in [1.82, 2.24) is 0 Å². The lowest BCUT2D eigenvalue weighted by Crippen LogP contribution is -2.48. The Hall–Kier alpha value is -2.14. The molecule has 0 aliphatic heterocycles. The van der Waals surface area contributed by atoms with Gasteiger partial charge in [-0.25, -0.2) is 4.79 Å². The number of rotatable bonds is 6. The third kappa shape index (κ3) is 5.69. The average molecular weight is 307 g/mol. The molecule has 0 radical (unpaired) electrons. The molecule has 6 nitrogen and oxygen atoms in total. The Morgan fingerprint density at radius 2 is 1.91 bits per heavy atom. The number of aliphatic hydroxyl groups excluding tert-OH is 1. The van der Waals surface area contributed by atoms with Crippen LogP contribution in [0.15, 0.2) is 36.1 Å². The van der Waals surface area contributed by atoms with Gasteiger partial charge in [0.05, 0.1) is 5.60 Å². The van der Waals surface area contributed by atoms with Crippen LogP contribution in [0.4, 0.5) is 0 Å². The van der Waals surface area contributed by atoms with Gasteiger partial charge < -0.3 is 20.3 Å². The van der Waals surface area contributed by atoms with Crippen LogP contribution in [0.3, 0.4) is 0 Å². The molecule has 1 aromatic rings. The number of carbonyl (C=O) groups is 1. The Balaban J connectivity index is 2.74. The summed E-state index contributed by atoms with van der Waals surface area (Å²) in [6.45, 7) is 5.17. The summed E-state index contributed by atoms with van der Waals surface area (Å²) in [6, 6.07) is 7.74. The number of benzene rings is 1. The summed E-state index contributed by atoms with van der Waals surface area (Å²) in [5.74, 6) is -0.236. The van der Waals surface area contributed by atoms with Gasteiger partial charge in [-0.1, -0.05) is 30.3 Å². The van der Waals surface area contributed by atoms with Crippen molar-refractivity contribution < 1.29 is 24.2 Å². The minimum Gasteiger partial charge on any atom is -0.500 e. The maximum atomic E-state index is 12.0. The first-order valence-electron chi connectivity index (χ1n) is 6.82. The molecule has 3 N–H and O–H groups in total. The molecule has 0 aromatic heterocycles. The number of hydrogen-bond donors (Lipinski definition) is 2. The highest BCUT2D eigenvalue weighted by Gasteiger charge is 2.34. The summed E-state index contributed by atoms with van der Waals surface area (Å²) in [6.07, 6.45) is -1.30. The zero-order valence-electron chi connectivity index (χ0n) is 12.9. The van der Waals surface area contributed by atoms with Gasteiger partial charge >= 0.3 is 5.97 Å². The van der Waals surface area contributed by atoms with Crippen molar-refractivity contribution in [3.8, 4) is 0 Å². The van der Waals surface area contributed by atoms with Crippen molar-refractivity contribution in [3.63, 3.8) is 0 Å². The van der Waals surface area contributed by atoms with E-state index < -0.39 is 29.5 Å². The van der Waals surface area contributed by atoms with Gasteiger partial charge in [0.25, 0.3) is 0 Å². The Morgan fingerprint density at radius 3 is 2.41 bits per heavy atom. The predicted molar refractivity (Wildman–Crippen MR) is 80.7 cm³/mol. The van der Waals surface area contributed by atoms with Gasteiger partial charge in [0.15, 0.2) is 12.0 Å². The smallest absolute Gasteiger partial charge is 0.326 e. The van der Waals surface area contributed by atoms with E-state index in [1.165, 1.54) is 5.94 Å². The Labute approximate surface area is 129 Å². The lowest BCUT2D eigenvalue weighted by molar-refractivity contribution is -0.153. The van der Waals surface area contributed by atoms with Crippen molar-refractivity contribution in [1.29, 1.82) is 0 Å². The molecule has 0 aliphatic carbocycles. The maximum Gasteiger partial charge on any atom is 0.326 e. The fraction of sp³-hybridized carbons (Fsp3) is 0.438. The van der Waals surface area contributed by atoms with E-state index in [0.29, 0.717) is 0 Å². The molecule has 0 amide bonds. The van der Waals surface area contributed by atoms with Crippen molar-refractivity contribution in [2.45, 2.75) is 45.1 Å². The molecule has 1 rings (SSSR count). The quantitative estimate of drug-likeness (QED) is 0.469. The molecule has 1 aromatic carbocycles. The first-order valence-corrected chi connectivity index (χ1v) is 6.82. The molecule has 0 spiro atoms. The number of hydrogen-bond acceptors (Lipinski definition) is 6. The molecular weight excluding hydrogens is 286 g/mol. The van der Waals surface area contributed by atoms with Crippen LogP contribution >= 0.6 is 0 Å². The Bertz CT molecular complexity index is 543. The molecule has 0 bridgehead atoms. The predicted octanol–water partition coefficient (Wildman–Crippen LogP) is 1.51. The summed E-state index contributed by atoms with van der Waals surface area (Å²) < 4.78 is 10.5.